The molecular formula is C42H54N4O5. The number of rotatable bonds is 17. The van der Waals surface area contributed by atoms with Gasteiger partial charge in [-0.05, 0) is 65.9 Å². The summed E-state index contributed by atoms with van der Waals surface area (Å²) >= 11 is 0. The van der Waals surface area contributed by atoms with Crippen LogP contribution in [-0.4, -0.2) is 89.2 Å². The Balaban J connectivity index is 1.16. The van der Waals surface area contributed by atoms with Crippen molar-refractivity contribution in [3.8, 4) is 5.75 Å². The molecule has 2 saturated heterocycles. The lowest BCUT2D eigenvalue weighted by Gasteiger charge is -2.52. The molecule has 4 unspecified atom stereocenters. The van der Waals surface area contributed by atoms with E-state index >= 15 is 0 Å². The zero-order chi connectivity index (χ0) is 35.3. The number of carboxylic acid groups (broad SMARTS) is 1. The average Bonchev–Trinajstić information content (AvgIpc) is 3.17. The van der Waals surface area contributed by atoms with Crippen molar-refractivity contribution >= 4 is 22.6 Å². The number of nitrogens with zero attached hydrogens (tertiary/aromatic N) is 2. The Morgan fingerprint density at radius 3 is 2.53 bits per heavy atom. The smallest absolute Gasteiger partial charge is 0.134 e. The maximum absolute atomic E-state index is 11.0. The van der Waals surface area contributed by atoms with E-state index in [2.05, 4.69) is 101 Å². The van der Waals surface area contributed by atoms with E-state index < -0.39 is 6.09 Å². The van der Waals surface area contributed by atoms with Gasteiger partial charge < -0.3 is 34.7 Å². The summed E-state index contributed by atoms with van der Waals surface area (Å²) in [6.07, 6.45) is 2.63. The lowest BCUT2D eigenvalue weighted by Crippen LogP contribution is -2.70. The number of carbonyl (C=O) groups is 1. The molecule has 0 radical (unpaired) electrons. The highest BCUT2D eigenvalue weighted by Crippen LogP contribution is 2.36. The highest BCUT2D eigenvalue weighted by atomic mass is 16.5. The molecule has 2 aliphatic rings. The lowest BCUT2D eigenvalue weighted by molar-refractivity contribution is -0.250. The Labute approximate surface area is 303 Å². The SMILES string of the molecule is C[N+]1(c2ccc(OCCCOCc3ccccc3)cc2)CCN(CCCNC(=O)[O-])CC1C(OCc1ccc2ccccc2c1)C1CCCNC1. The highest BCUT2D eigenvalue weighted by molar-refractivity contribution is 5.82. The zero-order valence-electron chi connectivity index (χ0n) is 30.0. The number of nitrogens with one attached hydrogen (secondary N) is 2. The molecule has 2 heterocycles. The van der Waals surface area contributed by atoms with Crippen LogP contribution in [-0.2, 0) is 22.7 Å². The number of quaternary nitrogens is 1. The molecule has 272 valence electrons. The van der Waals surface area contributed by atoms with Crippen LogP contribution in [0.2, 0.25) is 0 Å². The quantitative estimate of drug-likeness (QED) is 0.114. The minimum absolute atomic E-state index is 0.0187. The summed E-state index contributed by atoms with van der Waals surface area (Å²) in [6.45, 7) is 8.33. The van der Waals surface area contributed by atoms with Crippen molar-refractivity contribution in [1.82, 2.24) is 20.0 Å². The van der Waals surface area contributed by atoms with Crippen LogP contribution in [0, 0.1) is 5.92 Å². The Morgan fingerprint density at radius 1 is 0.941 bits per heavy atom. The summed E-state index contributed by atoms with van der Waals surface area (Å²) < 4.78 is 19.8. The molecule has 2 N–H and O–H groups in total. The van der Waals surface area contributed by atoms with Gasteiger partial charge in [0.05, 0.1) is 46.6 Å². The predicted octanol–water partition coefficient (Wildman–Crippen LogP) is 5.35. The van der Waals surface area contributed by atoms with Crippen LogP contribution >= 0.6 is 0 Å². The number of benzene rings is 4. The molecule has 9 nitrogen and oxygen atoms in total. The number of hydrogen-bond donors (Lipinski definition) is 2. The van der Waals surface area contributed by atoms with E-state index in [9.17, 15) is 9.90 Å². The number of fused-ring (bicyclic) bond motifs is 1. The molecule has 0 saturated carbocycles. The second kappa shape index (κ2) is 18.5. The van der Waals surface area contributed by atoms with E-state index in [1.54, 1.807) is 0 Å². The summed E-state index contributed by atoms with van der Waals surface area (Å²) in [4.78, 5) is 13.5. The van der Waals surface area contributed by atoms with Gasteiger partial charge in [0, 0.05) is 50.7 Å². The van der Waals surface area contributed by atoms with Crippen molar-refractivity contribution in [2.24, 2.45) is 5.92 Å². The van der Waals surface area contributed by atoms with Crippen molar-refractivity contribution in [3.63, 3.8) is 0 Å². The molecule has 1 amide bonds. The number of carbonyl (C=O) groups excluding carboxylic acids is 1. The Morgan fingerprint density at radius 2 is 1.75 bits per heavy atom. The van der Waals surface area contributed by atoms with Gasteiger partial charge in [-0.1, -0.05) is 66.7 Å². The van der Waals surface area contributed by atoms with E-state index in [1.807, 2.05) is 18.2 Å². The summed E-state index contributed by atoms with van der Waals surface area (Å²) in [5.74, 6) is 1.25. The van der Waals surface area contributed by atoms with Crippen LogP contribution in [0.15, 0.2) is 97.1 Å². The van der Waals surface area contributed by atoms with Gasteiger partial charge in [0.1, 0.15) is 29.7 Å². The minimum Gasteiger partial charge on any atom is -0.530 e. The van der Waals surface area contributed by atoms with Crippen molar-refractivity contribution in [2.45, 2.75) is 51.0 Å². The van der Waals surface area contributed by atoms with Gasteiger partial charge in [-0.25, -0.2) is 0 Å². The monoisotopic (exact) mass is 694 g/mol. The maximum Gasteiger partial charge on any atom is 0.134 e. The molecule has 0 aliphatic carbocycles. The number of piperidine rings is 1. The maximum atomic E-state index is 11.0. The summed E-state index contributed by atoms with van der Waals surface area (Å²) in [6, 6.07) is 34.2. The van der Waals surface area contributed by atoms with E-state index in [-0.39, 0.29) is 12.1 Å². The van der Waals surface area contributed by atoms with Crippen LogP contribution in [0.1, 0.15) is 36.8 Å². The number of hydrogen-bond acceptors (Lipinski definition) is 7. The summed E-state index contributed by atoms with van der Waals surface area (Å²) in [5.41, 5.74) is 3.61. The second-order valence-corrected chi connectivity index (χ2v) is 14.2. The molecule has 2 aliphatic heterocycles. The second-order valence-electron chi connectivity index (χ2n) is 14.2. The van der Waals surface area contributed by atoms with Crippen molar-refractivity contribution in [2.75, 3.05) is 66.1 Å². The fraction of sp³-hybridized carbons (Fsp3) is 0.452. The van der Waals surface area contributed by atoms with Crippen molar-refractivity contribution in [1.29, 1.82) is 0 Å². The summed E-state index contributed by atoms with van der Waals surface area (Å²) in [7, 11) is 2.36. The van der Waals surface area contributed by atoms with Gasteiger partial charge in [0.25, 0.3) is 0 Å². The summed E-state index contributed by atoms with van der Waals surface area (Å²) in [5, 5.41) is 19.5. The predicted molar refractivity (Wildman–Crippen MR) is 202 cm³/mol. The van der Waals surface area contributed by atoms with Gasteiger partial charge in [-0.3, -0.25) is 9.38 Å². The topological polar surface area (TPSA) is 95.1 Å². The number of amides is 1. The third-order valence-corrected chi connectivity index (χ3v) is 10.7. The molecule has 0 spiro atoms. The molecule has 9 heteroatoms. The normalized spacial score (nSPS) is 21.7. The van der Waals surface area contributed by atoms with Crippen molar-refractivity contribution < 1.29 is 24.1 Å². The third-order valence-electron chi connectivity index (χ3n) is 10.7. The average molecular weight is 695 g/mol. The van der Waals surface area contributed by atoms with Crippen LogP contribution < -0.4 is 25.0 Å². The fourth-order valence-electron chi connectivity index (χ4n) is 7.74. The van der Waals surface area contributed by atoms with Gasteiger partial charge in [-0.2, -0.15) is 0 Å². The Kier molecular flexibility index (Phi) is 13.3. The minimum atomic E-state index is -1.22. The first kappa shape index (κ1) is 36.8. The molecule has 4 aromatic carbocycles. The van der Waals surface area contributed by atoms with E-state index in [0.717, 1.165) is 75.2 Å². The lowest BCUT2D eigenvalue weighted by atomic mass is 9.86. The van der Waals surface area contributed by atoms with Crippen LogP contribution in [0.4, 0.5) is 10.5 Å². The largest absolute Gasteiger partial charge is 0.530 e. The molecule has 0 bridgehead atoms. The van der Waals surface area contributed by atoms with Gasteiger partial charge in [-0.15, -0.1) is 0 Å². The van der Waals surface area contributed by atoms with Gasteiger partial charge in [0.2, 0.25) is 0 Å². The molecule has 4 aromatic rings. The number of ether oxygens (including phenoxy) is 3. The molecule has 51 heavy (non-hydrogen) atoms. The zero-order valence-corrected chi connectivity index (χ0v) is 30.0. The standard InChI is InChI=1S/C42H54N4O5/c1-46(38-17-19-39(20-18-38)50-27-9-26-49-31-33-10-3-2-4-11-33)25-24-45(23-8-22-44-42(47)48)30-40(46)41(37-14-7-21-43-29-37)51-32-34-15-16-35-12-5-6-13-36(35)28-34/h2-6,10-13,15-20,28,37,40-41,43-44H,7-9,14,21-27,29-32H2,1H3. The van der Waals surface area contributed by atoms with E-state index in [0.29, 0.717) is 38.9 Å². The number of likely N-dealkylation sites (N-methyl/N-ethyl adjacent to an activating group) is 1. The van der Waals surface area contributed by atoms with E-state index in [1.165, 1.54) is 27.6 Å². The van der Waals surface area contributed by atoms with Gasteiger partial charge in [0.15, 0.2) is 0 Å². The Hall–Kier alpha value is -3.99. The molecule has 4 atom stereocenters. The Bertz CT molecular complexity index is 1650. The van der Waals surface area contributed by atoms with Crippen LogP contribution in [0.25, 0.3) is 10.8 Å². The first-order valence-corrected chi connectivity index (χ1v) is 18.7. The van der Waals surface area contributed by atoms with Gasteiger partial charge >= 0.3 is 0 Å². The van der Waals surface area contributed by atoms with Crippen LogP contribution in [0.3, 0.4) is 0 Å². The molecule has 6 rings (SSSR count). The fourth-order valence-corrected chi connectivity index (χ4v) is 7.74. The third kappa shape index (κ3) is 10.3. The number of piperazine rings is 1. The van der Waals surface area contributed by atoms with Crippen molar-refractivity contribution in [3.05, 3.63) is 108 Å². The highest BCUT2D eigenvalue weighted by Gasteiger charge is 2.48. The van der Waals surface area contributed by atoms with Crippen LogP contribution in [0.5, 0.6) is 5.75 Å². The first-order chi connectivity index (χ1) is 25.0. The molecular weight excluding hydrogens is 640 g/mol. The van der Waals surface area contributed by atoms with E-state index in [4.69, 9.17) is 14.2 Å². The first-order valence-electron chi connectivity index (χ1n) is 18.7. The molecule has 0 aromatic heterocycles. The molecule has 2 fully saturated rings.